The fourth-order valence-electron chi connectivity index (χ4n) is 6.86. The summed E-state index contributed by atoms with van der Waals surface area (Å²) in [5.41, 5.74) is -1.15. The molecule has 62 heavy (non-hydrogen) atoms. The molecule has 0 unspecified atom stereocenters. The Morgan fingerprint density at radius 1 is 0.677 bits per heavy atom. The first-order valence-electron chi connectivity index (χ1n) is 18.5. The van der Waals surface area contributed by atoms with Crippen molar-refractivity contribution in [1.29, 1.82) is 0 Å². The summed E-state index contributed by atoms with van der Waals surface area (Å²) in [6, 6.07) is 14.7. The van der Waals surface area contributed by atoms with Crippen LogP contribution in [0.5, 0.6) is 0 Å². The van der Waals surface area contributed by atoms with Gasteiger partial charge in [-0.1, -0.05) is 54.6 Å². The number of aliphatic hydroxyl groups is 4. The molecular formula is C39H39F6N3O12S2. The van der Waals surface area contributed by atoms with E-state index in [0.717, 1.165) is 29.8 Å². The molecule has 2 aliphatic rings. The largest absolute Gasteiger partial charge is 0.416 e. The molecule has 4 aromatic carbocycles. The van der Waals surface area contributed by atoms with Gasteiger partial charge in [0.15, 0.2) is 6.29 Å². The number of benzene rings is 4. The Morgan fingerprint density at radius 3 is 1.74 bits per heavy atom. The van der Waals surface area contributed by atoms with Crippen LogP contribution in [-0.4, -0.2) is 118 Å². The molecule has 9 atom stereocenters. The van der Waals surface area contributed by atoms with Gasteiger partial charge in [0.2, 0.25) is 20.0 Å². The molecule has 0 aliphatic carbocycles. The Kier molecular flexibility index (Phi) is 14.1. The average Bonchev–Trinajstić information content (AvgIpc) is 3.24. The lowest BCUT2D eigenvalue weighted by molar-refractivity contribution is -0.292. The van der Waals surface area contributed by atoms with E-state index in [4.69, 9.17) is 14.2 Å². The first kappa shape index (κ1) is 47.0. The SMILES string of the molecule is O=C(N[C@@H]1[C@H](O[C@@H]2O[C@H](CO)[C@@H](O)[C@H](O)[C@H]2NS(=O)(=O)c2cccc(C(F)(F)F)c2)[C@@H](NS(=O)(=O)c2cccc(C(F)(F)F)c2)CO[C@@H]1CO)c1ccc(-c2ccccc2)cc1. The second-order valence-corrected chi connectivity index (χ2v) is 17.7. The first-order chi connectivity index (χ1) is 29.1. The van der Waals surface area contributed by atoms with Gasteiger partial charge in [-0.15, -0.1) is 0 Å². The van der Waals surface area contributed by atoms with Crippen LogP contribution in [0.4, 0.5) is 26.3 Å². The maximum atomic E-state index is 13.8. The fraction of sp³-hybridized carbons (Fsp3) is 0.359. The lowest BCUT2D eigenvalue weighted by Crippen LogP contribution is -2.70. The molecule has 0 bridgehead atoms. The molecule has 1 amide bonds. The fourth-order valence-corrected chi connectivity index (χ4v) is 9.42. The van der Waals surface area contributed by atoms with E-state index in [9.17, 15) is 68.4 Å². The van der Waals surface area contributed by atoms with E-state index >= 15 is 0 Å². The number of nitrogens with one attached hydrogen (secondary N) is 3. The minimum absolute atomic E-state index is 0.0197. The zero-order valence-electron chi connectivity index (χ0n) is 31.8. The Morgan fingerprint density at radius 2 is 1.21 bits per heavy atom. The first-order valence-corrected chi connectivity index (χ1v) is 21.5. The van der Waals surface area contributed by atoms with E-state index in [2.05, 4.69) is 10.0 Å². The van der Waals surface area contributed by atoms with Crippen LogP contribution in [-0.2, 0) is 46.6 Å². The highest BCUT2D eigenvalue weighted by molar-refractivity contribution is 7.89. The van der Waals surface area contributed by atoms with Crippen molar-refractivity contribution < 1.29 is 82.6 Å². The molecule has 15 nitrogen and oxygen atoms in total. The van der Waals surface area contributed by atoms with Crippen LogP contribution < -0.4 is 14.8 Å². The van der Waals surface area contributed by atoms with E-state index in [-0.39, 0.29) is 11.6 Å². The molecule has 2 fully saturated rings. The van der Waals surface area contributed by atoms with Gasteiger partial charge in [0.1, 0.15) is 36.6 Å². The van der Waals surface area contributed by atoms with Crippen molar-refractivity contribution in [2.24, 2.45) is 0 Å². The number of sulfonamides is 2. The number of ether oxygens (including phenoxy) is 3. The van der Waals surface area contributed by atoms with E-state index in [1.165, 1.54) is 12.1 Å². The van der Waals surface area contributed by atoms with Crippen molar-refractivity contribution in [2.75, 3.05) is 19.8 Å². The van der Waals surface area contributed by atoms with Crippen molar-refractivity contribution in [2.45, 2.75) is 77.1 Å². The highest BCUT2D eigenvalue weighted by atomic mass is 32.2. The van der Waals surface area contributed by atoms with Crippen LogP contribution in [0.2, 0.25) is 0 Å². The van der Waals surface area contributed by atoms with E-state index < -0.39 is 134 Å². The Bertz CT molecular complexity index is 2410. The third kappa shape index (κ3) is 10.6. The van der Waals surface area contributed by atoms with Crippen molar-refractivity contribution in [3.05, 3.63) is 120 Å². The Balaban J connectivity index is 1.39. The molecule has 23 heteroatoms. The molecule has 0 spiro atoms. The standard InChI is InChI=1S/C39H39F6N3O12S2/c40-38(41,42)24-8-4-10-26(16-24)61(54,55)47-28-20-58-29(18-49)31(46-36(53)23-14-12-22(13-15-23)21-6-2-1-3-7-21)35(28)60-37-32(34(52)33(51)30(19-50)59-37)48-62(56,57)27-11-5-9-25(17-27)39(43,44)45/h1-17,28-35,37,47-52H,18-20H2,(H,46,53)/t28-,29+,30+,31-,32+,33+,34+,35+,37-/m0/s1. The van der Waals surface area contributed by atoms with Crippen LogP contribution in [0, 0.1) is 0 Å². The number of hydrogen-bond acceptors (Lipinski definition) is 12. The van der Waals surface area contributed by atoms with Crippen molar-refractivity contribution in [3.8, 4) is 11.1 Å². The predicted molar refractivity (Wildman–Crippen MR) is 204 cm³/mol. The van der Waals surface area contributed by atoms with Gasteiger partial charge in [0.05, 0.1) is 52.8 Å². The topological polar surface area (TPSA) is 230 Å². The number of amides is 1. The zero-order chi connectivity index (χ0) is 45.2. The van der Waals surface area contributed by atoms with Crippen molar-refractivity contribution in [1.82, 2.24) is 14.8 Å². The second kappa shape index (κ2) is 18.7. The Labute approximate surface area is 350 Å². The summed E-state index contributed by atoms with van der Waals surface area (Å²) in [7, 11) is -10.0. The number of alkyl halides is 6. The van der Waals surface area contributed by atoms with Gasteiger partial charge in [0, 0.05) is 5.56 Å². The van der Waals surface area contributed by atoms with Gasteiger partial charge < -0.3 is 40.0 Å². The van der Waals surface area contributed by atoms with Crippen molar-refractivity contribution in [3.63, 3.8) is 0 Å². The smallest absolute Gasteiger partial charge is 0.394 e. The Hall–Kier alpha value is -4.53. The van der Waals surface area contributed by atoms with Gasteiger partial charge in [-0.05, 0) is 59.7 Å². The summed E-state index contributed by atoms with van der Waals surface area (Å²) in [6.45, 7) is -2.65. The number of aliphatic hydroxyl groups excluding tert-OH is 4. The van der Waals surface area contributed by atoms with Crippen LogP contribution in [0.25, 0.3) is 11.1 Å². The molecule has 0 saturated carbocycles. The number of hydrogen-bond donors (Lipinski definition) is 7. The summed E-state index contributed by atoms with van der Waals surface area (Å²) in [5.74, 6) is -0.860. The molecule has 336 valence electrons. The summed E-state index contributed by atoms with van der Waals surface area (Å²) >= 11 is 0. The summed E-state index contributed by atoms with van der Waals surface area (Å²) in [6.07, 6.45) is -21.5. The van der Waals surface area contributed by atoms with Crippen LogP contribution >= 0.6 is 0 Å². The van der Waals surface area contributed by atoms with Crippen molar-refractivity contribution >= 4 is 26.0 Å². The molecule has 6 rings (SSSR count). The van der Waals surface area contributed by atoms with Crippen LogP contribution in [0.1, 0.15) is 21.5 Å². The molecular weight excluding hydrogens is 881 g/mol. The maximum absolute atomic E-state index is 13.8. The maximum Gasteiger partial charge on any atom is 0.416 e. The van der Waals surface area contributed by atoms with Crippen LogP contribution in [0.3, 0.4) is 0 Å². The highest BCUT2D eigenvalue weighted by Crippen LogP contribution is 2.34. The number of carbonyl (C=O) groups is 1. The van der Waals surface area contributed by atoms with Gasteiger partial charge >= 0.3 is 12.4 Å². The third-order valence-corrected chi connectivity index (χ3v) is 13.0. The number of carbonyl (C=O) groups excluding carboxylic acids is 1. The predicted octanol–water partition coefficient (Wildman–Crippen LogP) is 2.40. The lowest BCUT2D eigenvalue weighted by Gasteiger charge is -2.47. The molecule has 2 heterocycles. The van der Waals surface area contributed by atoms with Gasteiger partial charge in [0.25, 0.3) is 5.91 Å². The molecule has 0 radical (unpaired) electrons. The molecule has 2 aliphatic heterocycles. The lowest BCUT2D eigenvalue weighted by atomic mass is 9.94. The minimum Gasteiger partial charge on any atom is -0.394 e. The normalized spacial score (nSPS) is 26.2. The zero-order valence-corrected chi connectivity index (χ0v) is 33.4. The van der Waals surface area contributed by atoms with Gasteiger partial charge in [-0.2, -0.15) is 26.3 Å². The van der Waals surface area contributed by atoms with Gasteiger partial charge in [-0.3, -0.25) is 4.79 Å². The summed E-state index contributed by atoms with van der Waals surface area (Å²) in [5, 5.41) is 45.0. The van der Waals surface area contributed by atoms with Gasteiger partial charge in [-0.25, -0.2) is 26.3 Å². The average molecular weight is 920 g/mol. The number of rotatable bonds is 13. The summed E-state index contributed by atoms with van der Waals surface area (Å²) < 4.78 is 158. The molecule has 4 aromatic rings. The third-order valence-electron chi connectivity index (χ3n) is 10.1. The molecule has 7 N–H and O–H groups in total. The minimum atomic E-state index is -5.08. The van der Waals surface area contributed by atoms with Crippen LogP contribution in [0.15, 0.2) is 113 Å². The second-order valence-electron chi connectivity index (χ2n) is 14.2. The quantitative estimate of drug-likeness (QED) is 0.0960. The molecule has 0 aromatic heterocycles. The monoisotopic (exact) mass is 919 g/mol. The summed E-state index contributed by atoms with van der Waals surface area (Å²) in [4.78, 5) is 12.0. The highest BCUT2D eigenvalue weighted by Gasteiger charge is 2.51. The van der Waals surface area contributed by atoms with E-state index in [1.54, 1.807) is 30.3 Å². The van der Waals surface area contributed by atoms with E-state index in [0.29, 0.717) is 23.8 Å². The van der Waals surface area contributed by atoms with E-state index in [1.807, 2.05) is 16.9 Å². The molecule has 2 saturated heterocycles. The number of halogens is 6.